The Bertz CT molecular complexity index is 475. The van der Waals surface area contributed by atoms with Gasteiger partial charge in [-0.15, -0.1) is 0 Å². The van der Waals surface area contributed by atoms with E-state index in [0.717, 1.165) is 0 Å². The fourth-order valence-corrected chi connectivity index (χ4v) is 2.54. The van der Waals surface area contributed by atoms with Crippen LogP contribution in [-0.2, 0) is 52.3 Å². The van der Waals surface area contributed by atoms with Crippen molar-refractivity contribution in [1.29, 1.82) is 0 Å². The van der Waals surface area contributed by atoms with Gasteiger partial charge in [-0.2, -0.15) is 0 Å². The van der Waals surface area contributed by atoms with E-state index in [1.807, 2.05) is 0 Å². The molecule has 0 radical (unpaired) electrons. The maximum absolute atomic E-state index is 11.6. The first-order chi connectivity index (χ1) is 15.8. The Morgan fingerprint density at radius 2 is 0.848 bits per heavy atom. The Morgan fingerprint density at radius 3 is 1.12 bits per heavy atom. The van der Waals surface area contributed by atoms with Crippen LogP contribution >= 0.6 is 0 Å². The summed E-state index contributed by atoms with van der Waals surface area (Å²) in [6.45, 7) is 2.84. The van der Waals surface area contributed by atoms with Gasteiger partial charge in [-0.1, -0.05) is 6.92 Å². The molecule has 11 nitrogen and oxygen atoms in total. The van der Waals surface area contributed by atoms with Crippen LogP contribution in [0.15, 0.2) is 0 Å². The summed E-state index contributed by atoms with van der Waals surface area (Å²) in [6.07, 6.45) is 0.932. The molecular weight excluding hydrogens is 440 g/mol. The highest BCUT2D eigenvalue weighted by atomic mass is 16.5. The van der Waals surface area contributed by atoms with Crippen molar-refractivity contribution in [2.75, 3.05) is 74.2 Å². The average Bonchev–Trinajstić information content (AvgIpc) is 2.83. The van der Waals surface area contributed by atoms with Crippen LogP contribution in [0.2, 0.25) is 0 Å². The molecule has 0 atom stereocenters. The number of methoxy groups -OCH3 is 3. The summed E-state index contributed by atoms with van der Waals surface area (Å²) >= 11 is 0. The molecule has 192 valence electrons. The first kappa shape index (κ1) is 30.9. The molecule has 0 bridgehead atoms. The summed E-state index contributed by atoms with van der Waals surface area (Å²) in [6, 6.07) is 0. The number of hydrogen-bond donors (Lipinski definition) is 0. The summed E-state index contributed by atoms with van der Waals surface area (Å²) in [5.74, 6) is -1.13. The van der Waals surface area contributed by atoms with Gasteiger partial charge in [0.25, 0.3) is 0 Å². The minimum absolute atomic E-state index is 0.0742. The van der Waals surface area contributed by atoms with Gasteiger partial charge in [0.15, 0.2) is 0 Å². The van der Waals surface area contributed by atoms with E-state index in [0.29, 0.717) is 6.42 Å². The lowest BCUT2D eigenvalue weighted by Crippen LogP contribution is -2.42. The number of carbonyl (C=O) groups excluding carboxylic acids is 4. The topological polar surface area (TPSA) is 133 Å². The fourth-order valence-electron chi connectivity index (χ4n) is 2.54. The summed E-state index contributed by atoms with van der Waals surface area (Å²) < 4.78 is 36.6. The highest BCUT2D eigenvalue weighted by molar-refractivity contribution is 5.78. The molecule has 0 aliphatic heterocycles. The third-order valence-electron chi connectivity index (χ3n) is 4.59. The number of carbonyl (C=O) groups is 4. The first-order valence-corrected chi connectivity index (χ1v) is 10.9. The Balaban J connectivity index is 5.09. The van der Waals surface area contributed by atoms with Crippen LogP contribution in [0.3, 0.4) is 0 Å². The zero-order chi connectivity index (χ0) is 25.0. The normalized spacial score (nSPS) is 11.2. The molecule has 0 saturated heterocycles. The predicted octanol–water partition coefficient (Wildman–Crippen LogP) is 1.10. The van der Waals surface area contributed by atoms with Crippen molar-refractivity contribution in [3.8, 4) is 0 Å². The molecule has 0 aromatic rings. The van der Waals surface area contributed by atoms with Crippen LogP contribution in [0.4, 0.5) is 0 Å². The molecule has 33 heavy (non-hydrogen) atoms. The molecule has 0 aliphatic rings. The van der Waals surface area contributed by atoms with Crippen LogP contribution in [0, 0.1) is 5.41 Å². The molecule has 0 amide bonds. The highest BCUT2D eigenvalue weighted by Gasteiger charge is 2.33. The van der Waals surface area contributed by atoms with E-state index in [1.54, 1.807) is 6.92 Å². The van der Waals surface area contributed by atoms with Crippen LogP contribution in [0.25, 0.3) is 0 Å². The zero-order valence-electron chi connectivity index (χ0n) is 20.2. The zero-order valence-corrected chi connectivity index (χ0v) is 20.2. The van der Waals surface area contributed by atoms with Crippen molar-refractivity contribution in [2.45, 2.75) is 39.0 Å². The lowest BCUT2D eigenvalue weighted by molar-refractivity contribution is -0.144. The van der Waals surface area contributed by atoms with E-state index in [-0.39, 0.29) is 84.3 Å². The van der Waals surface area contributed by atoms with Gasteiger partial charge in [-0.3, -0.25) is 19.2 Å². The smallest absolute Gasteiger partial charge is 0.307 e. The summed E-state index contributed by atoms with van der Waals surface area (Å²) in [5.41, 5.74) is -0.808. The van der Waals surface area contributed by atoms with Crippen LogP contribution in [-0.4, -0.2) is 97.9 Å². The number of Topliss-reactive ketones (excluding diaryl/α,β-unsaturated/α-hetero) is 1. The third kappa shape index (κ3) is 16.2. The molecule has 0 aromatic heterocycles. The van der Waals surface area contributed by atoms with Crippen molar-refractivity contribution in [3.05, 3.63) is 0 Å². The highest BCUT2D eigenvalue weighted by Crippen LogP contribution is 2.21. The number of hydrogen-bond acceptors (Lipinski definition) is 11. The molecule has 0 N–H and O–H groups in total. The van der Waals surface area contributed by atoms with Gasteiger partial charge in [-0.05, 0) is 0 Å². The minimum atomic E-state index is -0.808. The van der Waals surface area contributed by atoms with Crippen molar-refractivity contribution >= 4 is 23.7 Å². The Labute approximate surface area is 195 Å². The number of ketones is 1. The molecule has 0 rings (SSSR count). The van der Waals surface area contributed by atoms with Crippen LogP contribution < -0.4 is 0 Å². The van der Waals surface area contributed by atoms with Gasteiger partial charge in [0.1, 0.15) is 5.78 Å². The second kappa shape index (κ2) is 19.4. The third-order valence-corrected chi connectivity index (χ3v) is 4.59. The first-order valence-electron chi connectivity index (χ1n) is 10.9. The van der Waals surface area contributed by atoms with E-state index in [1.165, 1.54) is 21.3 Å². The van der Waals surface area contributed by atoms with Gasteiger partial charge in [0, 0.05) is 12.8 Å². The lowest BCUT2D eigenvalue weighted by atomic mass is 9.92. The molecule has 0 heterocycles. The van der Waals surface area contributed by atoms with Gasteiger partial charge in [0.05, 0.1) is 98.9 Å². The Hall–Kier alpha value is -2.08. The summed E-state index contributed by atoms with van der Waals surface area (Å²) in [5, 5.41) is 0. The average molecular weight is 479 g/mol. The van der Waals surface area contributed by atoms with Crippen molar-refractivity contribution in [2.24, 2.45) is 5.41 Å². The molecule has 0 unspecified atom stereocenters. The second-order valence-electron chi connectivity index (χ2n) is 7.33. The number of esters is 3. The summed E-state index contributed by atoms with van der Waals surface area (Å²) in [7, 11) is 3.88. The second-order valence-corrected chi connectivity index (χ2v) is 7.33. The van der Waals surface area contributed by atoms with Gasteiger partial charge < -0.3 is 33.2 Å². The largest absolute Gasteiger partial charge is 0.469 e. The molecule has 0 spiro atoms. The number of rotatable bonds is 21. The van der Waals surface area contributed by atoms with Crippen LogP contribution in [0.1, 0.15) is 39.0 Å². The quantitative estimate of drug-likeness (QED) is 0.133. The van der Waals surface area contributed by atoms with Gasteiger partial charge >= 0.3 is 17.9 Å². The van der Waals surface area contributed by atoms with Crippen molar-refractivity contribution < 1.29 is 52.3 Å². The predicted molar refractivity (Wildman–Crippen MR) is 116 cm³/mol. The lowest BCUT2D eigenvalue weighted by Gasteiger charge is -2.33. The van der Waals surface area contributed by atoms with Crippen LogP contribution in [0.5, 0.6) is 0 Å². The maximum atomic E-state index is 11.6. The van der Waals surface area contributed by atoms with Crippen molar-refractivity contribution in [3.63, 3.8) is 0 Å². The molecule has 0 fully saturated rings. The Kier molecular flexibility index (Phi) is 18.2. The molecular formula is C22H38O11. The molecule has 0 aliphatic carbocycles. The van der Waals surface area contributed by atoms with Crippen molar-refractivity contribution in [1.82, 2.24) is 0 Å². The molecule has 0 aromatic carbocycles. The monoisotopic (exact) mass is 478 g/mol. The Morgan fingerprint density at radius 1 is 0.545 bits per heavy atom. The van der Waals surface area contributed by atoms with E-state index >= 15 is 0 Å². The van der Waals surface area contributed by atoms with E-state index < -0.39 is 23.3 Å². The SMILES string of the molecule is CCC(=O)CCOCC(COCCC(=O)OC)(COCCC(=O)OC)COCCC(=O)OC. The van der Waals surface area contributed by atoms with E-state index in [9.17, 15) is 19.2 Å². The van der Waals surface area contributed by atoms with E-state index in [2.05, 4.69) is 14.2 Å². The summed E-state index contributed by atoms with van der Waals surface area (Å²) in [4.78, 5) is 45.6. The van der Waals surface area contributed by atoms with Gasteiger partial charge in [-0.25, -0.2) is 0 Å². The minimum Gasteiger partial charge on any atom is -0.469 e. The molecule has 11 heteroatoms. The molecule has 0 saturated carbocycles. The van der Waals surface area contributed by atoms with E-state index in [4.69, 9.17) is 18.9 Å². The maximum Gasteiger partial charge on any atom is 0.307 e. The number of ether oxygens (including phenoxy) is 7. The fraction of sp³-hybridized carbons (Fsp3) is 0.818. The standard InChI is InChI=1S/C22H38O11/c1-5-18(23)6-10-30-14-22(15-31-11-7-19(24)27-2,16-32-12-8-20(25)28-3)17-33-13-9-21(26)29-4/h5-17H2,1-4H3. The van der Waals surface area contributed by atoms with Gasteiger partial charge in [0.2, 0.25) is 0 Å².